The highest BCUT2D eigenvalue weighted by Gasteiger charge is 2.14. The topological polar surface area (TPSA) is 57.2 Å². The molecule has 0 saturated carbocycles. The van der Waals surface area contributed by atoms with Crippen LogP contribution < -0.4 is 16.0 Å². The number of ether oxygens (including phenoxy) is 1. The van der Waals surface area contributed by atoms with Gasteiger partial charge in [0.15, 0.2) is 0 Å². The standard InChI is InChI=1S/C20H17BrF2N2O2/c1-12-7-18(27-11-14-5-6-15(22)9-17(14)23)19(21)20(26)25(12)10-13-3-2-4-16(24)8-13/h2-9H,10-11,24H2,1H3. The maximum absolute atomic E-state index is 13.7. The summed E-state index contributed by atoms with van der Waals surface area (Å²) in [5, 5.41) is 0. The monoisotopic (exact) mass is 434 g/mol. The van der Waals surface area contributed by atoms with Gasteiger partial charge in [-0.3, -0.25) is 4.79 Å². The summed E-state index contributed by atoms with van der Waals surface area (Å²) >= 11 is 3.26. The number of rotatable bonds is 5. The van der Waals surface area contributed by atoms with Gasteiger partial charge in [0.25, 0.3) is 5.56 Å². The number of nitrogens with two attached hydrogens (primary N) is 1. The van der Waals surface area contributed by atoms with Crippen molar-refractivity contribution in [2.24, 2.45) is 0 Å². The summed E-state index contributed by atoms with van der Waals surface area (Å²) in [7, 11) is 0. The Bertz CT molecular complexity index is 1050. The summed E-state index contributed by atoms with van der Waals surface area (Å²) in [6.45, 7) is 2.02. The van der Waals surface area contributed by atoms with Crippen molar-refractivity contribution in [1.29, 1.82) is 0 Å². The number of aryl methyl sites for hydroxylation is 1. The Morgan fingerprint density at radius 3 is 2.63 bits per heavy atom. The molecule has 0 fully saturated rings. The Labute approximate surface area is 163 Å². The molecule has 0 saturated heterocycles. The van der Waals surface area contributed by atoms with Crippen LogP contribution in [-0.4, -0.2) is 4.57 Å². The minimum Gasteiger partial charge on any atom is -0.487 e. The summed E-state index contributed by atoms with van der Waals surface area (Å²) in [5.41, 5.74) is 7.92. The van der Waals surface area contributed by atoms with E-state index in [1.165, 1.54) is 6.07 Å². The van der Waals surface area contributed by atoms with E-state index in [9.17, 15) is 13.6 Å². The molecule has 0 amide bonds. The highest BCUT2D eigenvalue weighted by molar-refractivity contribution is 9.10. The van der Waals surface area contributed by atoms with Gasteiger partial charge >= 0.3 is 0 Å². The molecule has 0 atom stereocenters. The van der Waals surface area contributed by atoms with Crippen LogP contribution in [0.1, 0.15) is 16.8 Å². The average molecular weight is 435 g/mol. The fraction of sp³-hybridized carbons (Fsp3) is 0.150. The molecule has 1 heterocycles. The van der Waals surface area contributed by atoms with E-state index in [-0.39, 0.29) is 22.2 Å². The number of nitrogens with zero attached hydrogens (tertiary/aromatic N) is 1. The Kier molecular flexibility index (Phi) is 5.60. The zero-order valence-corrected chi connectivity index (χ0v) is 16.1. The molecule has 0 aliphatic rings. The Balaban J connectivity index is 1.85. The number of hydrogen-bond donors (Lipinski definition) is 1. The van der Waals surface area contributed by atoms with Crippen molar-refractivity contribution in [1.82, 2.24) is 4.57 Å². The predicted octanol–water partition coefficient (Wildman–Crippen LogP) is 4.41. The van der Waals surface area contributed by atoms with E-state index in [1.54, 1.807) is 23.6 Å². The van der Waals surface area contributed by atoms with Crippen LogP contribution in [0.5, 0.6) is 5.75 Å². The van der Waals surface area contributed by atoms with E-state index in [1.807, 2.05) is 18.2 Å². The lowest BCUT2D eigenvalue weighted by atomic mass is 10.2. The molecule has 27 heavy (non-hydrogen) atoms. The van der Waals surface area contributed by atoms with Crippen LogP contribution in [0, 0.1) is 18.6 Å². The van der Waals surface area contributed by atoms with Gasteiger partial charge in [-0.1, -0.05) is 12.1 Å². The molecule has 0 unspecified atom stereocenters. The molecule has 2 aromatic carbocycles. The molecule has 0 spiro atoms. The second-order valence-corrected chi connectivity index (χ2v) is 6.92. The Morgan fingerprint density at radius 1 is 1.15 bits per heavy atom. The molecule has 0 aliphatic carbocycles. The number of benzene rings is 2. The largest absolute Gasteiger partial charge is 0.487 e. The van der Waals surface area contributed by atoms with Gasteiger partial charge in [-0.2, -0.15) is 0 Å². The summed E-state index contributed by atoms with van der Waals surface area (Å²) in [6.07, 6.45) is 0. The normalized spacial score (nSPS) is 10.8. The highest BCUT2D eigenvalue weighted by Crippen LogP contribution is 2.24. The predicted molar refractivity (Wildman–Crippen MR) is 104 cm³/mol. The highest BCUT2D eigenvalue weighted by atomic mass is 79.9. The third-order valence-electron chi connectivity index (χ3n) is 4.10. The Hall–Kier alpha value is -2.67. The molecule has 1 aromatic heterocycles. The number of pyridine rings is 1. The van der Waals surface area contributed by atoms with Crippen molar-refractivity contribution in [2.45, 2.75) is 20.1 Å². The van der Waals surface area contributed by atoms with Crippen molar-refractivity contribution in [3.63, 3.8) is 0 Å². The quantitative estimate of drug-likeness (QED) is 0.605. The third-order valence-corrected chi connectivity index (χ3v) is 4.83. The number of halogens is 3. The van der Waals surface area contributed by atoms with E-state index in [2.05, 4.69) is 15.9 Å². The van der Waals surface area contributed by atoms with E-state index in [0.717, 1.165) is 17.7 Å². The van der Waals surface area contributed by atoms with Gasteiger partial charge in [0.2, 0.25) is 0 Å². The van der Waals surface area contributed by atoms with Crippen LogP contribution in [0.4, 0.5) is 14.5 Å². The van der Waals surface area contributed by atoms with E-state index in [0.29, 0.717) is 23.7 Å². The first kappa shape index (κ1) is 19.1. The fourth-order valence-electron chi connectivity index (χ4n) is 2.68. The third kappa shape index (κ3) is 4.36. The van der Waals surface area contributed by atoms with E-state index >= 15 is 0 Å². The first-order valence-electron chi connectivity index (χ1n) is 8.16. The molecular formula is C20H17BrF2N2O2. The van der Waals surface area contributed by atoms with Crippen molar-refractivity contribution in [2.75, 3.05) is 5.73 Å². The van der Waals surface area contributed by atoms with Crippen LogP contribution in [0.3, 0.4) is 0 Å². The maximum Gasteiger partial charge on any atom is 0.269 e. The first-order valence-corrected chi connectivity index (χ1v) is 8.95. The summed E-state index contributed by atoms with van der Waals surface area (Å²) < 4.78 is 34.1. The van der Waals surface area contributed by atoms with Gasteiger partial charge in [-0.05, 0) is 52.7 Å². The molecule has 0 bridgehead atoms. The van der Waals surface area contributed by atoms with E-state index in [4.69, 9.17) is 10.5 Å². The zero-order chi connectivity index (χ0) is 19.6. The van der Waals surface area contributed by atoms with Gasteiger partial charge in [0.1, 0.15) is 28.5 Å². The molecule has 140 valence electrons. The summed E-state index contributed by atoms with van der Waals surface area (Å²) in [4.78, 5) is 12.7. The first-order chi connectivity index (χ1) is 12.8. The molecule has 4 nitrogen and oxygen atoms in total. The minimum atomic E-state index is -0.696. The lowest BCUT2D eigenvalue weighted by Crippen LogP contribution is -2.24. The van der Waals surface area contributed by atoms with Gasteiger partial charge in [-0.15, -0.1) is 0 Å². The van der Waals surface area contributed by atoms with Crippen LogP contribution in [0.25, 0.3) is 0 Å². The molecule has 3 aromatic rings. The van der Waals surface area contributed by atoms with Gasteiger partial charge in [-0.25, -0.2) is 8.78 Å². The molecule has 7 heteroatoms. The van der Waals surface area contributed by atoms with Gasteiger partial charge in [0, 0.05) is 29.1 Å². The molecule has 2 N–H and O–H groups in total. The smallest absolute Gasteiger partial charge is 0.269 e. The lowest BCUT2D eigenvalue weighted by molar-refractivity contribution is 0.296. The van der Waals surface area contributed by atoms with Gasteiger partial charge < -0.3 is 15.0 Å². The molecule has 0 aliphatic heterocycles. The summed E-state index contributed by atoms with van der Waals surface area (Å²) in [5.74, 6) is -1.06. The molecule has 0 radical (unpaired) electrons. The summed E-state index contributed by atoms with van der Waals surface area (Å²) in [6, 6.07) is 12.3. The fourth-order valence-corrected chi connectivity index (χ4v) is 3.13. The Morgan fingerprint density at radius 2 is 1.93 bits per heavy atom. The number of hydrogen-bond acceptors (Lipinski definition) is 3. The van der Waals surface area contributed by atoms with Crippen LogP contribution >= 0.6 is 15.9 Å². The number of anilines is 1. The van der Waals surface area contributed by atoms with Crippen molar-refractivity contribution >= 4 is 21.6 Å². The van der Waals surface area contributed by atoms with Crippen molar-refractivity contribution in [3.05, 3.63) is 91.8 Å². The minimum absolute atomic E-state index is 0.122. The second-order valence-electron chi connectivity index (χ2n) is 6.12. The molecule has 3 rings (SSSR count). The van der Waals surface area contributed by atoms with Crippen LogP contribution in [0.2, 0.25) is 0 Å². The van der Waals surface area contributed by atoms with Crippen molar-refractivity contribution < 1.29 is 13.5 Å². The average Bonchev–Trinajstić information content (AvgIpc) is 2.62. The zero-order valence-electron chi connectivity index (χ0n) is 14.5. The number of aromatic nitrogens is 1. The van der Waals surface area contributed by atoms with Crippen LogP contribution in [-0.2, 0) is 13.2 Å². The van der Waals surface area contributed by atoms with Crippen LogP contribution in [0.15, 0.2) is 57.8 Å². The second kappa shape index (κ2) is 7.92. The lowest BCUT2D eigenvalue weighted by Gasteiger charge is -2.15. The van der Waals surface area contributed by atoms with Crippen molar-refractivity contribution in [3.8, 4) is 5.75 Å². The molecular weight excluding hydrogens is 418 g/mol. The number of nitrogen functional groups attached to an aromatic ring is 1. The van der Waals surface area contributed by atoms with Gasteiger partial charge in [0.05, 0.1) is 6.54 Å². The van der Waals surface area contributed by atoms with E-state index < -0.39 is 11.6 Å². The maximum atomic E-state index is 13.7. The SMILES string of the molecule is Cc1cc(OCc2ccc(F)cc2F)c(Br)c(=O)n1Cc1cccc(N)c1.